The number of halogens is 1. The number of para-hydroxylation sites is 1. The molecule has 0 radical (unpaired) electrons. The number of rotatable bonds is 7. The number of piperidine rings is 1. The third kappa shape index (κ3) is 4.83. The Kier molecular flexibility index (Phi) is 7.21. The molecule has 0 N–H and O–H groups in total. The summed E-state index contributed by atoms with van der Waals surface area (Å²) in [6.45, 7) is 3.80. The molecule has 1 fully saturated rings. The van der Waals surface area contributed by atoms with Gasteiger partial charge in [-0.25, -0.2) is 8.42 Å². The Morgan fingerprint density at radius 1 is 0.946 bits per heavy atom. The van der Waals surface area contributed by atoms with E-state index in [1.54, 1.807) is 23.5 Å². The smallest absolute Gasteiger partial charge is 0.246 e. The molecule has 3 aromatic carbocycles. The molecule has 4 aromatic rings. The molecule has 1 saturated heterocycles. The molecule has 1 aromatic heterocycles. The third-order valence-corrected chi connectivity index (χ3v) is 9.52. The van der Waals surface area contributed by atoms with Crippen molar-refractivity contribution in [2.45, 2.75) is 37.1 Å². The van der Waals surface area contributed by atoms with E-state index in [-0.39, 0.29) is 10.8 Å². The van der Waals surface area contributed by atoms with Crippen LogP contribution >= 0.6 is 11.6 Å². The van der Waals surface area contributed by atoms with Crippen molar-refractivity contribution >= 4 is 32.5 Å². The first-order valence-corrected chi connectivity index (χ1v) is 14.2. The number of fused-ring (bicyclic) bond motifs is 1. The Balaban J connectivity index is 1.43. The number of ether oxygens (including phenoxy) is 2. The minimum absolute atomic E-state index is 0.118. The molecule has 0 aliphatic carbocycles. The summed E-state index contributed by atoms with van der Waals surface area (Å²) in [7, 11) is -0.567. The van der Waals surface area contributed by atoms with Crippen LogP contribution in [-0.2, 0) is 16.6 Å². The highest BCUT2D eigenvalue weighted by Gasteiger charge is 2.33. The van der Waals surface area contributed by atoms with Gasteiger partial charge >= 0.3 is 0 Å². The first-order valence-electron chi connectivity index (χ1n) is 12.4. The number of hydrogen-bond donors (Lipinski definition) is 0. The standard InChI is InChI=1S/C29H31ClN2O4S/c1-20-29(25-9-4-5-10-26(25)32(20)19-21-7-6-8-24(17-21)35-2)22-13-15-31(16-14-22)37(33,34)28-18-23(30)11-12-27(28)36-3/h4-12,17-18,22H,13-16,19H2,1-3H3. The van der Waals surface area contributed by atoms with Crippen LogP contribution in [0.25, 0.3) is 10.9 Å². The largest absolute Gasteiger partial charge is 0.497 e. The zero-order valence-electron chi connectivity index (χ0n) is 21.3. The number of aromatic nitrogens is 1. The van der Waals surface area contributed by atoms with E-state index in [4.69, 9.17) is 21.1 Å². The normalized spacial score (nSPS) is 15.2. The fourth-order valence-corrected chi connectivity index (χ4v) is 7.39. The summed E-state index contributed by atoms with van der Waals surface area (Å²) >= 11 is 6.12. The Morgan fingerprint density at radius 2 is 1.70 bits per heavy atom. The summed E-state index contributed by atoms with van der Waals surface area (Å²) in [4.78, 5) is 0.118. The summed E-state index contributed by atoms with van der Waals surface area (Å²) in [6, 6.07) is 21.4. The van der Waals surface area contributed by atoms with E-state index >= 15 is 0 Å². The van der Waals surface area contributed by atoms with Crippen LogP contribution in [0.5, 0.6) is 11.5 Å². The number of benzene rings is 3. The van der Waals surface area contributed by atoms with Crippen molar-refractivity contribution in [3.63, 3.8) is 0 Å². The van der Waals surface area contributed by atoms with E-state index in [0.717, 1.165) is 25.1 Å². The minimum atomic E-state index is -3.72. The van der Waals surface area contributed by atoms with Gasteiger partial charge in [0, 0.05) is 41.3 Å². The topological polar surface area (TPSA) is 60.8 Å². The lowest BCUT2D eigenvalue weighted by molar-refractivity contribution is 0.317. The van der Waals surface area contributed by atoms with Crippen LogP contribution in [0.4, 0.5) is 0 Å². The Labute approximate surface area is 223 Å². The molecule has 0 amide bonds. The second-order valence-corrected chi connectivity index (χ2v) is 11.8. The Morgan fingerprint density at radius 3 is 2.43 bits per heavy atom. The molecular weight excluding hydrogens is 508 g/mol. The van der Waals surface area contributed by atoms with Gasteiger partial charge in [0.1, 0.15) is 16.4 Å². The lowest BCUT2D eigenvalue weighted by Crippen LogP contribution is -2.38. The third-order valence-electron chi connectivity index (χ3n) is 7.36. The molecule has 5 rings (SSSR count). The van der Waals surface area contributed by atoms with Gasteiger partial charge in [0.2, 0.25) is 10.0 Å². The van der Waals surface area contributed by atoms with Gasteiger partial charge in [-0.3, -0.25) is 0 Å². The van der Waals surface area contributed by atoms with Crippen molar-refractivity contribution in [1.29, 1.82) is 0 Å². The molecule has 1 aliphatic rings. The molecule has 0 spiro atoms. The maximum absolute atomic E-state index is 13.5. The maximum Gasteiger partial charge on any atom is 0.246 e. The van der Waals surface area contributed by atoms with Crippen molar-refractivity contribution in [3.8, 4) is 11.5 Å². The Bertz CT molecular complexity index is 1540. The molecule has 8 heteroatoms. The van der Waals surface area contributed by atoms with E-state index in [1.807, 2.05) is 12.1 Å². The second kappa shape index (κ2) is 10.4. The molecule has 2 heterocycles. The molecular formula is C29H31ClN2O4S. The van der Waals surface area contributed by atoms with Crippen LogP contribution in [0, 0.1) is 6.92 Å². The van der Waals surface area contributed by atoms with Gasteiger partial charge in [0.05, 0.1) is 14.2 Å². The maximum atomic E-state index is 13.5. The van der Waals surface area contributed by atoms with Gasteiger partial charge < -0.3 is 14.0 Å². The monoisotopic (exact) mass is 538 g/mol. The van der Waals surface area contributed by atoms with Crippen LogP contribution < -0.4 is 9.47 Å². The molecule has 0 bridgehead atoms. The summed E-state index contributed by atoms with van der Waals surface area (Å²) in [5.41, 5.74) is 4.90. The predicted molar refractivity (Wildman–Crippen MR) is 148 cm³/mol. The van der Waals surface area contributed by atoms with E-state index < -0.39 is 10.0 Å². The van der Waals surface area contributed by atoms with Crippen molar-refractivity contribution in [1.82, 2.24) is 8.87 Å². The predicted octanol–water partition coefficient (Wildman–Crippen LogP) is 6.24. The van der Waals surface area contributed by atoms with Crippen LogP contribution in [0.3, 0.4) is 0 Å². The minimum Gasteiger partial charge on any atom is -0.497 e. The molecule has 194 valence electrons. The molecule has 0 atom stereocenters. The average Bonchev–Trinajstić information content (AvgIpc) is 3.19. The quantitative estimate of drug-likeness (QED) is 0.279. The number of sulfonamides is 1. The highest BCUT2D eigenvalue weighted by Crippen LogP contribution is 2.39. The summed E-state index contributed by atoms with van der Waals surface area (Å²) in [5, 5.41) is 1.61. The highest BCUT2D eigenvalue weighted by atomic mass is 35.5. The zero-order chi connectivity index (χ0) is 26.2. The second-order valence-electron chi connectivity index (χ2n) is 9.43. The van der Waals surface area contributed by atoms with Crippen molar-refractivity contribution in [2.24, 2.45) is 0 Å². The number of hydrogen-bond acceptors (Lipinski definition) is 4. The SMILES string of the molecule is COc1cccc(Cn2c(C)c(C3CCN(S(=O)(=O)c4cc(Cl)ccc4OC)CC3)c3ccccc32)c1. The van der Waals surface area contributed by atoms with Crippen molar-refractivity contribution in [2.75, 3.05) is 27.3 Å². The highest BCUT2D eigenvalue weighted by molar-refractivity contribution is 7.89. The van der Waals surface area contributed by atoms with Crippen molar-refractivity contribution < 1.29 is 17.9 Å². The van der Waals surface area contributed by atoms with E-state index in [0.29, 0.717) is 23.9 Å². The molecule has 37 heavy (non-hydrogen) atoms. The first kappa shape index (κ1) is 25.6. The van der Waals surface area contributed by atoms with Gasteiger partial charge in [0.25, 0.3) is 0 Å². The van der Waals surface area contributed by atoms with Gasteiger partial charge in [-0.2, -0.15) is 4.31 Å². The fraction of sp³-hybridized carbons (Fsp3) is 0.310. The summed E-state index contributed by atoms with van der Waals surface area (Å²) in [6.07, 6.45) is 1.49. The van der Waals surface area contributed by atoms with Crippen molar-refractivity contribution in [3.05, 3.63) is 88.6 Å². The Hall–Kier alpha value is -3.00. The fourth-order valence-electron chi connectivity index (χ4n) is 5.51. The van der Waals surface area contributed by atoms with E-state index in [9.17, 15) is 8.42 Å². The van der Waals surface area contributed by atoms with Crippen LogP contribution in [0.1, 0.15) is 35.6 Å². The lowest BCUT2D eigenvalue weighted by Gasteiger charge is -2.32. The van der Waals surface area contributed by atoms with Gasteiger partial charge in [-0.05, 0) is 73.2 Å². The van der Waals surface area contributed by atoms with Crippen LogP contribution in [-0.4, -0.2) is 44.6 Å². The number of nitrogens with zero attached hydrogens (tertiary/aromatic N) is 2. The first-order chi connectivity index (χ1) is 17.8. The number of methoxy groups -OCH3 is 2. The lowest BCUT2D eigenvalue weighted by atomic mass is 9.88. The van der Waals surface area contributed by atoms with Gasteiger partial charge in [0.15, 0.2) is 0 Å². The molecule has 1 aliphatic heterocycles. The van der Waals surface area contributed by atoms with Crippen LogP contribution in [0.2, 0.25) is 5.02 Å². The van der Waals surface area contributed by atoms with Gasteiger partial charge in [-0.15, -0.1) is 0 Å². The molecule has 6 nitrogen and oxygen atoms in total. The average molecular weight is 539 g/mol. The summed E-state index contributed by atoms with van der Waals surface area (Å²) < 4.78 is 41.6. The van der Waals surface area contributed by atoms with E-state index in [2.05, 4.69) is 47.9 Å². The summed E-state index contributed by atoms with van der Waals surface area (Å²) in [5.74, 6) is 1.42. The van der Waals surface area contributed by atoms with E-state index in [1.165, 1.54) is 40.9 Å². The zero-order valence-corrected chi connectivity index (χ0v) is 22.8. The van der Waals surface area contributed by atoms with Crippen LogP contribution in [0.15, 0.2) is 71.6 Å². The molecule has 0 unspecified atom stereocenters. The molecule has 0 saturated carbocycles. The van der Waals surface area contributed by atoms with Gasteiger partial charge in [-0.1, -0.05) is 41.9 Å².